The summed E-state index contributed by atoms with van der Waals surface area (Å²) >= 11 is 12.5. The third kappa shape index (κ3) is 2.15. The molecule has 1 amide bonds. The molecule has 0 aliphatic carbocycles. The number of H-pyrrole nitrogens is 1. The Kier molecular flexibility index (Phi) is 3.34. The van der Waals surface area contributed by atoms with Gasteiger partial charge in [-0.15, -0.1) is 11.3 Å². The highest BCUT2D eigenvalue weighted by Crippen LogP contribution is 2.38. The molecule has 16 heavy (non-hydrogen) atoms. The van der Waals surface area contributed by atoms with Crippen molar-refractivity contribution in [2.24, 2.45) is 0 Å². The van der Waals surface area contributed by atoms with Gasteiger partial charge < -0.3 is 15.4 Å². The highest BCUT2D eigenvalue weighted by Gasteiger charge is 2.36. The Hall–Kier alpha value is -0.440. The topological polar surface area (TPSA) is 65.1 Å². The first-order valence-corrected chi connectivity index (χ1v) is 6.93. The van der Waals surface area contributed by atoms with Gasteiger partial charge in [0.1, 0.15) is 4.32 Å². The molecule has 1 aromatic heterocycles. The maximum atomic E-state index is 11.6. The summed E-state index contributed by atoms with van der Waals surface area (Å²) in [7, 11) is 0. The van der Waals surface area contributed by atoms with Crippen molar-refractivity contribution in [1.82, 2.24) is 10.3 Å². The van der Waals surface area contributed by atoms with Gasteiger partial charge in [-0.1, -0.05) is 30.9 Å². The van der Waals surface area contributed by atoms with E-state index >= 15 is 0 Å². The van der Waals surface area contributed by atoms with Crippen LogP contribution in [0.5, 0.6) is 5.88 Å². The van der Waals surface area contributed by atoms with Gasteiger partial charge in [-0.05, 0) is 12.2 Å². The van der Waals surface area contributed by atoms with Crippen LogP contribution in [0.4, 0.5) is 0 Å². The van der Waals surface area contributed by atoms with Crippen LogP contribution in [0.1, 0.15) is 17.7 Å². The van der Waals surface area contributed by atoms with Crippen molar-refractivity contribution in [2.45, 2.75) is 18.1 Å². The largest absolute Gasteiger partial charge is 0.494 e. The van der Waals surface area contributed by atoms with Gasteiger partial charge in [0.25, 0.3) is 0 Å². The van der Waals surface area contributed by atoms with E-state index in [9.17, 15) is 9.90 Å². The molecule has 1 fully saturated rings. The highest BCUT2D eigenvalue weighted by molar-refractivity contribution is 8.24. The SMILES string of the molecule is CC(c1sc(=S)[nH]c1O)C1SC(=S)NC1=O. The molecule has 2 atom stereocenters. The van der Waals surface area contributed by atoms with Gasteiger partial charge in [0.05, 0.1) is 10.1 Å². The van der Waals surface area contributed by atoms with Crippen molar-refractivity contribution in [3.8, 4) is 5.88 Å². The minimum atomic E-state index is -0.292. The number of carbonyl (C=O) groups is 1. The lowest BCUT2D eigenvalue weighted by Crippen LogP contribution is -2.27. The lowest BCUT2D eigenvalue weighted by molar-refractivity contribution is -0.119. The zero-order valence-corrected chi connectivity index (χ0v) is 11.4. The number of nitrogens with one attached hydrogen (secondary N) is 2. The van der Waals surface area contributed by atoms with Crippen LogP contribution in [0, 0.1) is 3.95 Å². The van der Waals surface area contributed by atoms with Gasteiger partial charge in [0, 0.05) is 5.92 Å². The molecule has 8 heteroatoms. The molecule has 4 nitrogen and oxygen atoms in total. The first-order valence-electron chi connectivity index (χ1n) is 4.42. The number of thiocarbonyl (C=S) groups is 1. The van der Waals surface area contributed by atoms with Crippen molar-refractivity contribution in [3.05, 3.63) is 8.83 Å². The maximum absolute atomic E-state index is 11.6. The second kappa shape index (κ2) is 4.44. The number of hydrogen-bond acceptors (Lipinski definition) is 6. The zero-order chi connectivity index (χ0) is 11.9. The molecule has 2 rings (SSSR count). The van der Waals surface area contributed by atoms with Crippen LogP contribution < -0.4 is 5.32 Å². The van der Waals surface area contributed by atoms with Gasteiger partial charge in [-0.25, -0.2) is 0 Å². The molecule has 1 aliphatic rings. The normalized spacial score (nSPS) is 22.2. The van der Waals surface area contributed by atoms with Crippen LogP contribution in [0.25, 0.3) is 0 Å². The lowest BCUT2D eigenvalue weighted by atomic mass is 10.1. The average Bonchev–Trinajstić information content (AvgIpc) is 2.68. The van der Waals surface area contributed by atoms with Crippen molar-refractivity contribution in [1.29, 1.82) is 0 Å². The fraction of sp³-hybridized carbons (Fsp3) is 0.375. The smallest absolute Gasteiger partial charge is 0.239 e. The average molecular weight is 292 g/mol. The van der Waals surface area contributed by atoms with Gasteiger partial charge >= 0.3 is 0 Å². The molecule has 0 spiro atoms. The third-order valence-electron chi connectivity index (χ3n) is 2.24. The minimum Gasteiger partial charge on any atom is -0.494 e. The van der Waals surface area contributed by atoms with Crippen LogP contribution in [0.15, 0.2) is 0 Å². The second-order valence-corrected chi connectivity index (χ2v) is 6.87. The van der Waals surface area contributed by atoms with Crippen molar-refractivity contribution in [3.63, 3.8) is 0 Å². The highest BCUT2D eigenvalue weighted by atomic mass is 32.2. The molecule has 0 saturated carbocycles. The third-order valence-corrected chi connectivity index (χ3v) is 5.25. The molecule has 3 N–H and O–H groups in total. The van der Waals surface area contributed by atoms with Crippen molar-refractivity contribution in [2.75, 3.05) is 0 Å². The van der Waals surface area contributed by atoms with E-state index in [0.29, 0.717) is 13.2 Å². The molecule has 86 valence electrons. The van der Waals surface area contributed by atoms with E-state index in [4.69, 9.17) is 24.4 Å². The number of aromatic nitrogens is 1. The molecule has 1 aliphatic heterocycles. The Balaban J connectivity index is 2.29. The standard InChI is InChI=1S/C8H8N2O2S4/c1-2(3-5(11)9-7(13)15-3)4-6(12)10-8(14)16-4/h2-3,12H,1H3,(H,10,14)(H,9,11,13). The number of carbonyl (C=O) groups excluding carboxylic acids is 1. The van der Waals surface area contributed by atoms with E-state index in [1.807, 2.05) is 6.92 Å². The summed E-state index contributed by atoms with van der Waals surface area (Å²) in [4.78, 5) is 14.9. The summed E-state index contributed by atoms with van der Waals surface area (Å²) in [5, 5.41) is 11.9. The number of amides is 1. The molecule has 2 unspecified atom stereocenters. The zero-order valence-electron chi connectivity index (χ0n) is 8.14. The predicted octanol–water partition coefficient (Wildman–Crippen LogP) is 2.13. The molecular formula is C8H8N2O2S4. The lowest BCUT2D eigenvalue weighted by Gasteiger charge is -2.13. The summed E-state index contributed by atoms with van der Waals surface area (Å²) in [5.41, 5.74) is 0. The number of thioether (sulfide) groups is 1. The van der Waals surface area contributed by atoms with Crippen molar-refractivity contribution < 1.29 is 9.90 Å². The molecule has 1 saturated heterocycles. The van der Waals surface area contributed by atoms with Crippen LogP contribution in [0.2, 0.25) is 0 Å². The predicted molar refractivity (Wildman–Crippen MR) is 71.7 cm³/mol. The fourth-order valence-electron chi connectivity index (χ4n) is 1.48. The Morgan fingerprint density at radius 3 is 2.62 bits per heavy atom. The number of hydrogen-bond donors (Lipinski definition) is 3. The number of rotatable bonds is 2. The first kappa shape index (κ1) is 12.0. The van der Waals surface area contributed by atoms with E-state index in [1.54, 1.807) is 0 Å². The summed E-state index contributed by atoms with van der Waals surface area (Å²) < 4.78 is 0.991. The molecule has 2 heterocycles. The van der Waals surface area contributed by atoms with E-state index in [1.165, 1.54) is 23.1 Å². The molecule has 1 aromatic rings. The summed E-state index contributed by atoms with van der Waals surface area (Å²) in [5.74, 6) is -0.182. The Labute approximate surface area is 110 Å². The first-order chi connectivity index (χ1) is 7.49. The van der Waals surface area contributed by atoms with Crippen LogP contribution in [-0.2, 0) is 4.79 Å². The van der Waals surface area contributed by atoms with E-state index < -0.39 is 0 Å². The second-order valence-electron chi connectivity index (χ2n) is 3.33. The number of thiazole rings is 1. The molecule has 0 bridgehead atoms. The fourth-order valence-corrected chi connectivity index (χ4v) is 4.05. The van der Waals surface area contributed by atoms with Crippen LogP contribution in [0.3, 0.4) is 0 Å². The minimum absolute atomic E-state index is 0.0497. The summed E-state index contributed by atoms with van der Waals surface area (Å²) in [6.45, 7) is 1.87. The van der Waals surface area contributed by atoms with Gasteiger partial charge in [0.15, 0.2) is 3.95 Å². The summed E-state index contributed by atoms with van der Waals surface area (Å²) in [6.07, 6.45) is 0. The Morgan fingerprint density at radius 2 is 2.19 bits per heavy atom. The van der Waals surface area contributed by atoms with E-state index in [2.05, 4.69) is 10.3 Å². The van der Waals surface area contributed by atoms with Crippen LogP contribution in [-0.4, -0.2) is 25.6 Å². The van der Waals surface area contributed by atoms with E-state index in [0.717, 1.165) is 0 Å². The molecule has 0 aromatic carbocycles. The number of aromatic amines is 1. The van der Waals surface area contributed by atoms with Crippen LogP contribution >= 0.6 is 47.5 Å². The Bertz CT molecular complexity index is 506. The van der Waals surface area contributed by atoms with Gasteiger partial charge in [-0.2, -0.15) is 0 Å². The maximum Gasteiger partial charge on any atom is 0.239 e. The quantitative estimate of drug-likeness (QED) is 0.729. The Morgan fingerprint density at radius 1 is 1.50 bits per heavy atom. The summed E-state index contributed by atoms with van der Waals surface area (Å²) in [6, 6.07) is 0. The molecular weight excluding hydrogens is 284 g/mol. The van der Waals surface area contributed by atoms with Gasteiger partial charge in [0.2, 0.25) is 11.8 Å². The van der Waals surface area contributed by atoms with Crippen molar-refractivity contribution >= 4 is 57.8 Å². The number of aromatic hydroxyl groups is 1. The van der Waals surface area contributed by atoms with E-state index in [-0.39, 0.29) is 23.0 Å². The van der Waals surface area contributed by atoms with Gasteiger partial charge in [-0.3, -0.25) is 4.79 Å². The monoisotopic (exact) mass is 292 g/mol. The molecule has 0 radical (unpaired) electrons.